The van der Waals surface area contributed by atoms with Crippen molar-refractivity contribution >= 4 is 11.0 Å². The van der Waals surface area contributed by atoms with Crippen LogP contribution in [0.25, 0.3) is 11.0 Å². The van der Waals surface area contributed by atoms with E-state index in [1.807, 2.05) is 54.6 Å². The first kappa shape index (κ1) is 12.6. The molecule has 2 aromatic carbocycles. The van der Waals surface area contributed by atoms with Crippen molar-refractivity contribution in [1.29, 1.82) is 0 Å². The van der Waals surface area contributed by atoms with Crippen molar-refractivity contribution in [1.82, 2.24) is 9.55 Å². The first-order valence-corrected chi connectivity index (χ1v) is 6.51. The lowest BCUT2D eigenvalue weighted by molar-refractivity contribution is 0.575. The molecule has 20 heavy (non-hydrogen) atoms. The van der Waals surface area contributed by atoms with E-state index in [1.54, 1.807) is 4.57 Å². The van der Waals surface area contributed by atoms with Crippen molar-refractivity contribution in [2.45, 2.75) is 12.6 Å². The Labute approximate surface area is 116 Å². The lowest BCUT2D eigenvalue weighted by Gasteiger charge is -2.15. The van der Waals surface area contributed by atoms with Crippen LogP contribution in [-0.4, -0.2) is 9.55 Å². The van der Waals surface area contributed by atoms with Crippen LogP contribution < -0.4 is 11.3 Å². The molecule has 1 atom stereocenters. The summed E-state index contributed by atoms with van der Waals surface area (Å²) in [6, 6.07) is 17.1. The van der Waals surface area contributed by atoms with Crippen molar-refractivity contribution in [2.24, 2.45) is 5.73 Å². The van der Waals surface area contributed by atoms with Gasteiger partial charge in [0.25, 0.3) is 5.56 Å². The highest BCUT2D eigenvalue weighted by atomic mass is 16.1. The minimum absolute atomic E-state index is 0.130. The molecule has 0 fully saturated rings. The molecule has 0 aliphatic carbocycles. The van der Waals surface area contributed by atoms with Gasteiger partial charge in [0.2, 0.25) is 0 Å². The average molecular weight is 265 g/mol. The van der Waals surface area contributed by atoms with Gasteiger partial charge in [-0.2, -0.15) is 0 Å². The molecule has 1 heterocycles. The van der Waals surface area contributed by atoms with Crippen LogP contribution in [0.3, 0.4) is 0 Å². The van der Waals surface area contributed by atoms with E-state index in [0.29, 0.717) is 6.54 Å². The van der Waals surface area contributed by atoms with E-state index >= 15 is 0 Å². The fourth-order valence-corrected chi connectivity index (χ4v) is 2.31. The number of rotatable bonds is 3. The fraction of sp³-hybridized carbons (Fsp3) is 0.125. The third-order valence-electron chi connectivity index (χ3n) is 3.36. The molecule has 1 aromatic heterocycles. The Kier molecular flexibility index (Phi) is 3.31. The summed E-state index contributed by atoms with van der Waals surface area (Å²) in [6.45, 7) is 0.436. The molecule has 0 aliphatic heterocycles. The Bertz CT molecular complexity index is 780. The van der Waals surface area contributed by atoms with E-state index in [1.165, 1.54) is 6.20 Å². The summed E-state index contributed by atoms with van der Waals surface area (Å²) in [4.78, 5) is 16.2. The van der Waals surface area contributed by atoms with Crippen LogP contribution in [0.4, 0.5) is 0 Å². The molecule has 4 nitrogen and oxygen atoms in total. The van der Waals surface area contributed by atoms with Crippen LogP contribution in [0.5, 0.6) is 0 Å². The maximum atomic E-state index is 12.0. The second-order valence-electron chi connectivity index (χ2n) is 4.71. The number of para-hydroxylation sites is 2. The van der Waals surface area contributed by atoms with E-state index in [-0.39, 0.29) is 11.6 Å². The van der Waals surface area contributed by atoms with E-state index < -0.39 is 0 Å². The van der Waals surface area contributed by atoms with Crippen molar-refractivity contribution in [2.75, 3.05) is 0 Å². The maximum absolute atomic E-state index is 12.0. The lowest BCUT2D eigenvalue weighted by Crippen LogP contribution is -2.27. The van der Waals surface area contributed by atoms with Gasteiger partial charge in [0.1, 0.15) is 0 Å². The Morgan fingerprint density at radius 1 is 1.05 bits per heavy atom. The van der Waals surface area contributed by atoms with Crippen LogP contribution in [0.1, 0.15) is 11.6 Å². The first-order chi connectivity index (χ1) is 9.75. The Balaban J connectivity index is 2.03. The second kappa shape index (κ2) is 5.27. The van der Waals surface area contributed by atoms with Gasteiger partial charge < -0.3 is 10.3 Å². The predicted octanol–water partition coefficient (Wildman–Crippen LogP) is 2.10. The molecule has 0 aliphatic rings. The molecule has 2 N–H and O–H groups in total. The molecule has 3 rings (SSSR count). The molecule has 100 valence electrons. The summed E-state index contributed by atoms with van der Waals surface area (Å²) in [5.41, 5.74) is 8.70. The Hall–Kier alpha value is -2.46. The number of nitrogens with zero attached hydrogens (tertiary/aromatic N) is 2. The summed E-state index contributed by atoms with van der Waals surface area (Å²) >= 11 is 0. The van der Waals surface area contributed by atoms with Crippen LogP contribution in [0.2, 0.25) is 0 Å². The van der Waals surface area contributed by atoms with Gasteiger partial charge >= 0.3 is 0 Å². The lowest BCUT2D eigenvalue weighted by atomic mass is 10.1. The maximum Gasteiger partial charge on any atom is 0.269 e. The van der Waals surface area contributed by atoms with Crippen molar-refractivity contribution in [3.63, 3.8) is 0 Å². The van der Waals surface area contributed by atoms with Gasteiger partial charge in [0.15, 0.2) is 0 Å². The van der Waals surface area contributed by atoms with Gasteiger partial charge in [0, 0.05) is 12.6 Å². The van der Waals surface area contributed by atoms with Gasteiger partial charge in [-0.3, -0.25) is 4.79 Å². The highest BCUT2D eigenvalue weighted by Crippen LogP contribution is 2.14. The number of hydrogen-bond donors (Lipinski definition) is 1. The van der Waals surface area contributed by atoms with Gasteiger partial charge in [0.05, 0.1) is 17.2 Å². The molecule has 0 spiro atoms. The van der Waals surface area contributed by atoms with E-state index in [0.717, 1.165) is 16.6 Å². The van der Waals surface area contributed by atoms with E-state index in [4.69, 9.17) is 5.73 Å². The molecule has 0 radical (unpaired) electrons. The third-order valence-corrected chi connectivity index (χ3v) is 3.36. The number of hydrogen-bond acceptors (Lipinski definition) is 3. The molecule has 0 bridgehead atoms. The highest BCUT2D eigenvalue weighted by Gasteiger charge is 2.10. The zero-order valence-electron chi connectivity index (χ0n) is 10.9. The Morgan fingerprint density at radius 3 is 2.55 bits per heavy atom. The smallest absolute Gasteiger partial charge is 0.269 e. The zero-order valence-corrected chi connectivity index (χ0v) is 10.9. The SMILES string of the molecule is NC(Cn1c(=O)cnc2ccccc21)c1ccccc1. The van der Waals surface area contributed by atoms with Crippen LogP contribution in [-0.2, 0) is 6.54 Å². The van der Waals surface area contributed by atoms with Gasteiger partial charge in [-0.05, 0) is 17.7 Å². The monoisotopic (exact) mass is 265 g/mol. The second-order valence-corrected chi connectivity index (χ2v) is 4.71. The van der Waals surface area contributed by atoms with Crippen LogP contribution in [0.15, 0.2) is 65.6 Å². The summed E-state index contributed by atoms with van der Waals surface area (Å²) < 4.78 is 1.68. The topological polar surface area (TPSA) is 60.9 Å². The van der Waals surface area contributed by atoms with E-state index in [2.05, 4.69) is 4.98 Å². The third kappa shape index (κ3) is 2.33. The van der Waals surface area contributed by atoms with Crippen LogP contribution >= 0.6 is 0 Å². The zero-order chi connectivity index (χ0) is 13.9. The molecule has 0 saturated heterocycles. The number of benzene rings is 2. The first-order valence-electron chi connectivity index (χ1n) is 6.51. The predicted molar refractivity (Wildman–Crippen MR) is 79.4 cm³/mol. The van der Waals surface area contributed by atoms with Crippen molar-refractivity contribution < 1.29 is 0 Å². The summed E-state index contributed by atoms with van der Waals surface area (Å²) in [5, 5.41) is 0. The standard InChI is InChI=1S/C16H15N3O/c17-13(12-6-2-1-3-7-12)11-19-15-9-5-4-8-14(15)18-10-16(19)20/h1-10,13H,11,17H2. The molecule has 3 aromatic rings. The molecular weight excluding hydrogens is 250 g/mol. The van der Waals surface area contributed by atoms with Crippen molar-refractivity contribution in [3.8, 4) is 0 Å². The van der Waals surface area contributed by atoms with Gasteiger partial charge in [-0.25, -0.2) is 4.98 Å². The molecule has 1 unspecified atom stereocenters. The molecule has 0 saturated carbocycles. The van der Waals surface area contributed by atoms with Crippen molar-refractivity contribution in [3.05, 3.63) is 76.7 Å². The molecule has 4 heteroatoms. The number of fused-ring (bicyclic) bond motifs is 1. The summed E-state index contributed by atoms with van der Waals surface area (Å²) in [7, 11) is 0. The average Bonchev–Trinajstić information content (AvgIpc) is 2.51. The summed E-state index contributed by atoms with van der Waals surface area (Å²) in [5.74, 6) is 0. The quantitative estimate of drug-likeness (QED) is 0.789. The van der Waals surface area contributed by atoms with Gasteiger partial charge in [-0.1, -0.05) is 42.5 Å². The summed E-state index contributed by atoms with van der Waals surface area (Å²) in [6.07, 6.45) is 1.35. The largest absolute Gasteiger partial charge is 0.322 e. The van der Waals surface area contributed by atoms with E-state index in [9.17, 15) is 4.79 Å². The minimum atomic E-state index is -0.222. The minimum Gasteiger partial charge on any atom is -0.322 e. The normalized spacial score (nSPS) is 12.4. The number of aromatic nitrogens is 2. The van der Waals surface area contributed by atoms with Crippen LogP contribution in [0, 0.1) is 0 Å². The Morgan fingerprint density at radius 2 is 1.75 bits per heavy atom. The number of nitrogens with two attached hydrogens (primary N) is 1. The van der Waals surface area contributed by atoms with Gasteiger partial charge in [-0.15, -0.1) is 0 Å². The molecule has 0 amide bonds. The highest BCUT2D eigenvalue weighted by molar-refractivity contribution is 5.74. The molecular formula is C16H15N3O. The fourth-order valence-electron chi connectivity index (χ4n) is 2.31.